The average Bonchev–Trinajstić information content (AvgIpc) is 3.30. The molecule has 0 radical (unpaired) electrons. The number of rotatable bonds is 10. The molecule has 3 rings (SSSR count). The van der Waals surface area contributed by atoms with Crippen molar-refractivity contribution in [1.29, 1.82) is 5.26 Å². The van der Waals surface area contributed by atoms with Gasteiger partial charge in [-0.25, -0.2) is 0 Å². The minimum atomic E-state index is 0.224. The largest absolute Gasteiger partial charge is 0.317 e. The zero-order valence-electron chi connectivity index (χ0n) is 19.4. The number of unbranched alkanes of at least 4 members (excludes halogenated alkanes) is 1. The Hall–Kier alpha value is -2.03. The minimum absolute atomic E-state index is 0.224. The summed E-state index contributed by atoms with van der Waals surface area (Å²) in [5.74, 6) is 1.38. The number of aromatic nitrogens is 1. The Bertz CT molecular complexity index is 925. The predicted molar refractivity (Wildman–Crippen MR) is 130 cm³/mol. The topological polar surface area (TPSA) is 49.0 Å². The number of nitrogens with zero attached hydrogens (tertiary/aromatic N) is 3. The van der Waals surface area contributed by atoms with Crippen LogP contribution in [0.1, 0.15) is 73.3 Å². The molecular weight excluding hydrogens is 402 g/mol. The maximum Gasteiger partial charge on any atom is 0.178 e. The first-order chi connectivity index (χ1) is 15.0. The van der Waals surface area contributed by atoms with Gasteiger partial charge in [0.1, 0.15) is 0 Å². The van der Waals surface area contributed by atoms with Crippen LogP contribution in [0, 0.1) is 18.3 Å². The fraction of sp³-hybridized carbons (Fsp3) is 0.538. The minimum Gasteiger partial charge on any atom is -0.317 e. The van der Waals surface area contributed by atoms with Crippen LogP contribution in [0.25, 0.3) is 5.69 Å². The predicted octanol–water partition coefficient (Wildman–Crippen LogP) is 5.79. The van der Waals surface area contributed by atoms with E-state index in [1.54, 1.807) is 0 Å². The fourth-order valence-corrected chi connectivity index (χ4v) is 5.33. The van der Waals surface area contributed by atoms with Gasteiger partial charge in [-0.1, -0.05) is 6.92 Å². The molecule has 0 bridgehead atoms. The van der Waals surface area contributed by atoms with Crippen LogP contribution in [-0.2, 0) is 6.42 Å². The lowest BCUT2D eigenvalue weighted by Crippen LogP contribution is -2.38. The van der Waals surface area contributed by atoms with Crippen molar-refractivity contribution in [2.45, 2.75) is 71.4 Å². The van der Waals surface area contributed by atoms with Gasteiger partial charge in [0.2, 0.25) is 0 Å². The van der Waals surface area contributed by atoms with Crippen molar-refractivity contribution in [3.05, 3.63) is 52.8 Å². The number of likely N-dealkylation sites (tertiary alicyclic amines) is 1. The number of carbonyl (C=O) groups is 1. The second kappa shape index (κ2) is 11.0. The lowest BCUT2D eigenvalue weighted by Gasteiger charge is -2.26. The van der Waals surface area contributed by atoms with Crippen molar-refractivity contribution < 1.29 is 4.79 Å². The molecule has 1 aromatic carbocycles. The Balaban J connectivity index is 1.90. The molecule has 1 aromatic heterocycles. The molecule has 1 fully saturated rings. The molecule has 1 aliphatic rings. The van der Waals surface area contributed by atoms with Crippen LogP contribution >= 0.6 is 11.8 Å². The quantitative estimate of drug-likeness (QED) is 0.349. The van der Waals surface area contributed by atoms with Gasteiger partial charge in [0.25, 0.3) is 0 Å². The maximum absolute atomic E-state index is 13.4. The van der Waals surface area contributed by atoms with Crippen LogP contribution in [0.3, 0.4) is 0 Å². The van der Waals surface area contributed by atoms with Gasteiger partial charge in [-0.05, 0) is 94.7 Å². The zero-order chi connectivity index (χ0) is 22.4. The smallest absolute Gasteiger partial charge is 0.178 e. The van der Waals surface area contributed by atoms with E-state index in [1.807, 2.05) is 36.0 Å². The van der Waals surface area contributed by atoms with E-state index in [0.29, 0.717) is 24.2 Å². The first-order valence-electron chi connectivity index (χ1n) is 11.5. The van der Waals surface area contributed by atoms with E-state index < -0.39 is 0 Å². The van der Waals surface area contributed by atoms with E-state index in [2.05, 4.69) is 48.6 Å². The third-order valence-electron chi connectivity index (χ3n) is 6.66. The molecule has 2 heterocycles. The summed E-state index contributed by atoms with van der Waals surface area (Å²) in [6.07, 6.45) is 8.84. The second-order valence-corrected chi connectivity index (χ2v) is 9.65. The van der Waals surface area contributed by atoms with Gasteiger partial charge in [-0.15, -0.1) is 0 Å². The number of hydrogen-bond acceptors (Lipinski definition) is 4. The molecule has 0 spiro atoms. The summed E-state index contributed by atoms with van der Waals surface area (Å²) in [5, 5.41) is 9.14. The first-order valence-corrected chi connectivity index (χ1v) is 12.9. The Morgan fingerprint density at radius 2 is 1.97 bits per heavy atom. The number of hydrogen-bond donors (Lipinski definition) is 0. The normalized spacial score (nSPS) is 18.9. The van der Waals surface area contributed by atoms with E-state index in [4.69, 9.17) is 5.26 Å². The molecule has 4 nitrogen and oxygen atoms in total. The van der Waals surface area contributed by atoms with E-state index in [9.17, 15) is 4.79 Å². The van der Waals surface area contributed by atoms with Crippen molar-refractivity contribution in [3.8, 4) is 11.8 Å². The van der Waals surface area contributed by atoms with Crippen molar-refractivity contribution >= 4 is 17.5 Å². The van der Waals surface area contributed by atoms with E-state index in [-0.39, 0.29) is 5.78 Å². The summed E-state index contributed by atoms with van der Waals surface area (Å²) in [6.45, 7) is 7.03. The zero-order valence-corrected chi connectivity index (χ0v) is 20.2. The van der Waals surface area contributed by atoms with Gasteiger partial charge in [-0.3, -0.25) is 9.69 Å². The van der Waals surface area contributed by atoms with Crippen LogP contribution in [0.2, 0.25) is 0 Å². The highest BCUT2D eigenvalue weighted by Crippen LogP contribution is 2.28. The van der Waals surface area contributed by atoms with Gasteiger partial charge in [0, 0.05) is 34.7 Å². The highest BCUT2D eigenvalue weighted by molar-refractivity contribution is 7.98. The van der Waals surface area contributed by atoms with Crippen LogP contribution in [-0.4, -0.2) is 45.9 Å². The van der Waals surface area contributed by atoms with E-state index >= 15 is 0 Å². The van der Waals surface area contributed by atoms with E-state index in [0.717, 1.165) is 42.0 Å². The molecule has 0 aliphatic carbocycles. The molecule has 1 saturated heterocycles. The highest BCUT2D eigenvalue weighted by Gasteiger charge is 2.31. The lowest BCUT2D eigenvalue weighted by molar-refractivity contribution is 0.0888. The second-order valence-electron chi connectivity index (χ2n) is 8.66. The summed E-state index contributed by atoms with van der Waals surface area (Å²) in [6, 6.07) is 13.0. The molecule has 5 heteroatoms. The van der Waals surface area contributed by atoms with Gasteiger partial charge >= 0.3 is 0 Å². The number of thioether (sulfide) groups is 1. The fourth-order valence-electron chi connectivity index (χ4n) is 4.83. The summed E-state index contributed by atoms with van der Waals surface area (Å²) >= 11 is 1.88. The number of nitriles is 1. The number of ketones is 1. The van der Waals surface area contributed by atoms with E-state index in [1.165, 1.54) is 25.0 Å². The highest BCUT2D eigenvalue weighted by atomic mass is 32.2. The molecule has 0 saturated carbocycles. The lowest BCUT2D eigenvalue weighted by atomic mass is 10.1. The molecular formula is C26H35N3OS. The molecule has 166 valence electrons. The molecule has 2 unspecified atom stereocenters. The maximum atomic E-state index is 13.4. The summed E-state index contributed by atoms with van der Waals surface area (Å²) in [5.41, 5.74) is 4.72. The third-order valence-corrected chi connectivity index (χ3v) is 7.36. The van der Waals surface area contributed by atoms with Gasteiger partial charge in [0.05, 0.1) is 18.2 Å². The van der Waals surface area contributed by atoms with Crippen molar-refractivity contribution in [3.63, 3.8) is 0 Å². The SMILES string of the molecule is CCC1CCC(C)N1CC(=O)c1cc(CCCCSC)n(-c2ccc(C#N)cc2)c1C. The molecule has 1 aliphatic heterocycles. The average molecular weight is 438 g/mol. The number of benzene rings is 1. The molecule has 0 N–H and O–H groups in total. The standard InChI is InChI=1S/C26H35N3OS/c1-5-22-12-9-19(2)28(22)18-26(30)25-16-24(8-6-7-15-31-4)29(20(25)3)23-13-10-21(17-27)11-14-23/h10-11,13-14,16,19,22H,5-9,12,15,18H2,1-4H3. The van der Waals surface area contributed by atoms with Crippen molar-refractivity contribution in [1.82, 2.24) is 9.47 Å². The van der Waals surface area contributed by atoms with Crippen molar-refractivity contribution in [2.75, 3.05) is 18.6 Å². The number of carbonyl (C=O) groups excluding carboxylic acids is 1. The van der Waals surface area contributed by atoms with Crippen molar-refractivity contribution in [2.24, 2.45) is 0 Å². The van der Waals surface area contributed by atoms with Crippen LogP contribution in [0.4, 0.5) is 0 Å². The third kappa shape index (κ3) is 5.42. The Morgan fingerprint density at radius 1 is 1.23 bits per heavy atom. The summed E-state index contributed by atoms with van der Waals surface area (Å²) in [4.78, 5) is 15.8. The summed E-state index contributed by atoms with van der Waals surface area (Å²) < 4.78 is 2.22. The van der Waals surface area contributed by atoms with Gasteiger partial charge in [-0.2, -0.15) is 17.0 Å². The molecule has 0 amide bonds. The Labute approximate surface area is 191 Å². The number of Topliss-reactive ketones (excluding diaryl/α,β-unsaturated/α-hetero) is 1. The van der Waals surface area contributed by atoms with Crippen LogP contribution in [0.15, 0.2) is 30.3 Å². The van der Waals surface area contributed by atoms with Gasteiger partial charge < -0.3 is 4.57 Å². The van der Waals surface area contributed by atoms with Gasteiger partial charge in [0.15, 0.2) is 5.78 Å². The molecule has 2 atom stereocenters. The Morgan fingerprint density at radius 3 is 2.61 bits per heavy atom. The first kappa shape index (κ1) is 23.6. The number of aryl methyl sites for hydroxylation is 1. The molecule has 2 aromatic rings. The van der Waals surface area contributed by atoms with Crippen LogP contribution in [0.5, 0.6) is 0 Å². The molecule has 31 heavy (non-hydrogen) atoms. The monoisotopic (exact) mass is 437 g/mol. The summed E-state index contributed by atoms with van der Waals surface area (Å²) in [7, 11) is 0. The van der Waals surface area contributed by atoms with Crippen LogP contribution < -0.4 is 0 Å². The Kier molecular flexibility index (Phi) is 8.40.